The zero-order valence-corrected chi connectivity index (χ0v) is 15.9. The lowest BCUT2D eigenvalue weighted by Crippen LogP contribution is -2.30. The van der Waals surface area contributed by atoms with Crippen LogP contribution in [0.5, 0.6) is 5.75 Å². The molecule has 138 valence electrons. The Balaban J connectivity index is 2.04. The molecule has 0 unspecified atom stereocenters. The zero-order valence-electron chi connectivity index (χ0n) is 15.1. The lowest BCUT2D eigenvalue weighted by Gasteiger charge is -2.12. The monoisotopic (exact) mass is 374 g/mol. The fourth-order valence-electron chi connectivity index (χ4n) is 2.36. The molecule has 5 nitrogen and oxygen atoms in total. The van der Waals surface area contributed by atoms with E-state index in [1.165, 1.54) is 0 Å². The summed E-state index contributed by atoms with van der Waals surface area (Å²) in [5, 5.41) is 5.95. The van der Waals surface area contributed by atoms with E-state index in [0.717, 1.165) is 11.3 Å². The minimum absolute atomic E-state index is 0.0240. The van der Waals surface area contributed by atoms with Crippen LogP contribution >= 0.6 is 11.6 Å². The van der Waals surface area contributed by atoms with Crippen molar-refractivity contribution in [3.05, 3.63) is 58.6 Å². The van der Waals surface area contributed by atoms with E-state index in [9.17, 15) is 9.59 Å². The second-order valence-electron chi connectivity index (χ2n) is 6.12. The Bertz CT molecular complexity index is 773. The molecular formula is C20H23ClN2O3. The van der Waals surface area contributed by atoms with Crippen molar-refractivity contribution in [2.45, 2.75) is 33.2 Å². The van der Waals surface area contributed by atoms with Crippen LogP contribution in [0.2, 0.25) is 5.02 Å². The van der Waals surface area contributed by atoms with Gasteiger partial charge < -0.3 is 15.4 Å². The first-order chi connectivity index (χ1) is 12.4. The molecular weight excluding hydrogens is 352 g/mol. The van der Waals surface area contributed by atoms with E-state index in [0.29, 0.717) is 22.9 Å². The average Bonchev–Trinajstić information content (AvgIpc) is 2.58. The molecule has 0 aliphatic heterocycles. The van der Waals surface area contributed by atoms with Gasteiger partial charge in [0.15, 0.2) is 0 Å². The number of amides is 2. The second-order valence-corrected chi connectivity index (χ2v) is 6.53. The quantitative estimate of drug-likeness (QED) is 0.768. The van der Waals surface area contributed by atoms with Gasteiger partial charge in [0.05, 0.1) is 23.7 Å². The fraction of sp³-hybridized carbons (Fsp3) is 0.300. The van der Waals surface area contributed by atoms with Gasteiger partial charge in [0.1, 0.15) is 5.75 Å². The van der Waals surface area contributed by atoms with Crippen LogP contribution in [0.1, 0.15) is 36.7 Å². The number of ether oxygens (including phenoxy) is 1. The number of hydrogen-bond donors (Lipinski definition) is 2. The normalized spacial score (nSPS) is 10.5. The predicted octanol–water partition coefficient (Wildman–Crippen LogP) is 4.06. The zero-order chi connectivity index (χ0) is 19.1. The summed E-state index contributed by atoms with van der Waals surface area (Å²) in [4.78, 5) is 24.4. The van der Waals surface area contributed by atoms with Gasteiger partial charge in [-0.1, -0.05) is 23.7 Å². The summed E-state index contributed by atoms with van der Waals surface area (Å²) < 4.78 is 5.38. The standard InChI is InChI=1S/C20H23ClN2O3/c1-4-26-16-8-5-14(6-9-16)11-19(24)23-18-12-15(7-10-17(18)21)20(25)22-13(2)3/h5-10,12-13H,4,11H2,1-3H3,(H,22,25)(H,23,24). The van der Waals surface area contributed by atoms with Gasteiger partial charge in [-0.15, -0.1) is 0 Å². The number of rotatable bonds is 7. The summed E-state index contributed by atoms with van der Waals surface area (Å²) in [5.41, 5.74) is 1.72. The molecule has 0 radical (unpaired) electrons. The van der Waals surface area contributed by atoms with Gasteiger partial charge in [0, 0.05) is 11.6 Å². The Kier molecular flexibility index (Phi) is 7.04. The van der Waals surface area contributed by atoms with Gasteiger partial charge in [-0.25, -0.2) is 0 Å². The molecule has 0 spiro atoms. The Morgan fingerprint density at radius 2 is 1.81 bits per heavy atom. The van der Waals surface area contributed by atoms with Crippen molar-refractivity contribution < 1.29 is 14.3 Å². The summed E-state index contributed by atoms with van der Waals surface area (Å²) in [5.74, 6) is 0.347. The molecule has 2 N–H and O–H groups in total. The first-order valence-electron chi connectivity index (χ1n) is 8.51. The lowest BCUT2D eigenvalue weighted by molar-refractivity contribution is -0.115. The van der Waals surface area contributed by atoms with E-state index in [1.54, 1.807) is 18.2 Å². The molecule has 26 heavy (non-hydrogen) atoms. The van der Waals surface area contributed by atoms with E-state index in [1.807, 2.05) is 45.0 Å². The first-order valence-corrected chi connectivity index (χ1v) is 8.88. The van der Waals surface area contributed by atoms with Crippen LogP contribution in [0.3, 0.4) is 0 Å². The number of anilines is 1. The van der Waals surface area contributed by atoms with Crippen molar-refractivity contribution in [2.24, 2.45) is 0 Å². The third-order valence-electron chi connectivity index (χ3n) is 3.52. The summed E-state index contributed by atoms with van der Waals surface area (Å²) in [6.45, 7) is 6.28. The van der Waals surface area contributed by atoms with Crippen molar-refractivity contribution >= 4 is 29.1 Å². The maximum atomic E-state index is 12.3. The van der Waals surface area contributed by atoms with E-state index >= 15 is 0 Å². The van der Waals surface area contributed by atoms with Crippen molar-refractivity contribution in [3.63, 3.8) is 0 Å². The molecule has 6 heteroatoms. The average molecular weight is 375 g/mol. The number of halogens is 1. The van der Waals surface area contributed by atoms with Crippen LogP contribution in [0.25, 0.3) is 0 Å². The Labute approximate surface area is 158 Å². The molecule has 2 aromatic rings. The molecule has 0 aliphatic rings. The van der Waals surface area contributed by atoms with Gasteiger partial charge in [-0.3, -0.25) is 9.59 Å². The number of nitrogens with one attached hydrogen (secondary N) is 2. The summed E-state index contributed by atoms with van der Waals surface area (Å²) in [6, 6.07) is 12.2. The minimum atomic E-state index is -0.211. The molecule has 0 fully saturated rings. The minimum Gasteiger partial charge on any atom is -0.494 e. The largest absolute Gasteiger partial charge is 0.494 e. The smallest absolute Gasteiger partial charge is 0.251 e. The maximum Gasteiger partial charge on any atom is 0.251 e. The third-order valence-corrected chi connectivity index (χ3v) is 3.85. The molecule has 2 amide bonds. The molecule has 2 aromatic carbocycles. The van der Waals surface area contributed by atoms with E-state index in [4.69, 9.17) is 16.3 Å². The molecule has 0 saturated carbocycles. The highest BCUT2D eigenvalue weighted by Gasteiger charge is 2.12. The predicted molar refractivity (Wildman–Crippen MR) is 104 cm³/mol. The maximum absolute atomic E-state index is 12.3. The molecule has 2 rings (SSSR count). The summed E-state index contributed by atoms with van der Waals surface area (Å²) in [7, 11) is 0. The SMILES string of the molecule is CCOc1ccc(CC(=O)Nc2cc(C(=O)NC(C)C)ccc2Cl)cc1. The van der Waals surface area contributed by atoms with Crippen molar-refractivity contribution in [2.75, 3.05) is 11.9 Å². The van der Waals surface area contributed by atoms with Crippen LogP contribution < -0.4 is 15.4 Å². The summed E-state index contributed by atoms with van der Waals surface area (Å²) in [6.07, 6.45) is 0.200. The van der Waals surface area contributed by atoms with Crippen LogP contribution in [-0.2, 0) is 11.2 Å². The van der Waals surface area contributed by atoms with Gasteiger partial charge in [-0.2, -0.15) is 0 Å². The third kappa shape index (κ3) is 5.77. The van der Waals surface area contributed by atoms with Crippen LogP contribution in [0, 0.1) is 0 Å². The molecule has 0 heterocycles. The molecule has 0 bridgehead atoms. The Morgan fingerprint density at radius 1 is 1.12 bits per heavy atom. The van der Waals surface area contributed by atoms with Gasteiger partial charge in [-0.05, 0) is 56.7 Å². The van der Waals surface area contributed by atoms with Crippen LogP contribution in [0.15, 0.2) is 42.5 Å². The number of hydrogen-bond acceptors (Lipinski definition) is 3. The van der Waals surface area contributed by atoms with Crippen LogP contribution in [0.4, 0.5) is 5.69 Å². The molecule has 0 saturated heterocycles. The van der Waals surface area contributed by atoms with Crippen molar-refractivity contribution in [1.82, 2.24) is 5.32 Å². The Hall–Kier alpha value is -2.53. The highest BCUT2D eigenvalue weighted by Crippen LogP contribution is 2.23. The van der Waals surface area contributed by atoms with Crippen molar-refractivity contribution in [3.8, 4) is 5.75 Å². The van der Waals surface area contributed by atoms with Gasteiger partial charge in [0.25, 0.3) is 5.91 Å². The van der Waals surface area contributed by atoms with Crippen LogP contribution in [-0.4, -0.2) is 24.5 Å². The highest BCUT2D eigenvalue weighted by molar-refractivity contribution is 6.33. The molecule has 0 aliphatic carbocycles. The number of carbonyl (C=O) groups excluding carboxylic acids is 2. The Morgan fingerprint density at radius 3 is 2.42 bits per heavy atom. The molecule has 0 atom stereocenters. The van der Waals surface area contributed by atoms with Gasteiger partial charge in [0.2, 0.25) is 5.91 Å². The molecule has 0 aromatic heterocycles. The summed E-state index contributed by atoms with van der Waals surface area (Å²) >= 11 is 6.15. The van der Waals surface area contributed by atoms with Gasteiger partial charge >= 0.3 is 0 Å². The second kappa shape index (κ2) is 9.25. The first kappa shape index (κ1) is 19.8. The lowest BCUT2D eigenvalue weighted by atomic mass is 10.1. The van der Waals surface area contributed by atoms with E-state index in [2.05, 4.69) is 10.6 Å². The van der Waals surface area contributed by atoms with E-state index < -0.39 is 0 Å². The fourth-order valence-corrected chi connectivity index (χ4v) is 2.52. The van der Waals surface area contributed by atoms with Crippen molar-refractivity contribution in [1.29, 1.82) is 0 Å². The number of benzene rings is 2. The number of carbonyl (C=O) groups is 2. The van der Waals surface area contributed by atoms with E-state index in [-0.39, 0.29) is 24.3 Å². The topological polar surface area (TPSA) is 67.4 Å². The highest BCUT2D eigenvalue weighted by atomic mass is 35.5.